The van der Waals surface area contributed by atoms with E-state index in [4.69, 9.17) is 11.6 Å². The van der Waals surface area contributed by atoms with E-state index in [2.05, 4.69) is 4.72 Å². The second kappa shape index (κ2) is 4.81. The fourth-order valence-electron chi connectivity index (χ4n) is 1.98. The molecular weight excluding hydrogens is 274 g/mol. The van der Waals surface area contributed by atoms with Gasteiger partial charge >= 0.3 is 0 Å². The zero-order valence-corrected chi connectivity index (χ0v) is 11.7. The normalized spacial score (nSPS) is 18.4. The minimum Gasteiger partial charge on any atom is -0.389 e. The van der Waals surface area contributed by atoms with Crippen LogP contribution in [0, 0.1) is 6.92 Å². The third-order valence-electron chi connectivity index (χ3n) is 3.30. The Balaban J connectivity index is 2.15. The van der Waals surface area contributed by atoms with Crippen molar-refractivity contribution in [3.05, 3.63) is 28.8 Å². The average Bonchev–Trinajstić information content (AvgIpc) is 2.23. The van der Waals surface area contributed by atoms with Crippen LogP contribution >= 0.6 is 11.6 Å². The summed E-state index contributed by atoms with van der Waals surface area (Å²) in [5.41, 5.74) is -0.275. The third kappa shape index (κ3) is 2.85. The number of aryl methyl sites for hydroxylation is 1. The van der Waals surface area contributed by atoms with Crippen molar-refractivity contribution in [2.75, 3.05) is 6.54 Å². The highest BCUT2D eigenvalue weighted by Crippen LogP contribution is 2.31. The summed E-state index contributed by atoms with van der Waals surface area (Å²) < 4.78 is 26.6. The maximum Gasteiger partial charge on any atom is 0.240 e. The van der Waals surface area contributed by atoms with Crippen molar-refractivity contribution >= 4 is 21.6 Å². The van der Waals surface area contributed by atoms with Crippen molar-refractivity contribution in [2.45, 2.75) is 36.7 Å². The average molecular weight is 290 g/mol. The second-order valence-corrected chi connectivity index (χ2v) is 6.98. The lowest BCUT2D eigenvalue weighted by Gasteiger charge is -2.36. The van der Waals surface area contributed by atoms with Crippen LogP contribution in [-0.2, 0) is 10.0 Å². The Bertz CT molecular complexity index is 552. The predicted molar refractivity (Wildman–Crippen MR) is 70.2 cm³/mol. The molecule has 1 aliphatic carbocycles. The molecule has 0 saturated heterocycles. The van der Waals surface area contributed by atoms with Crippen molar-refractivity contribution in [1.82, 2.24) is 4.72 Å². The van der Waals surface area contributed by atoms with Gasteiger partial charge in [-0.2, -0.15) is 0 Å². The van der Waals surface area contributed by atoms with E-state index in [-0.39, 0.29) is 11.4 Å². The molecule has 0 bridgehead atoms. The van der Waals surface area contributed by atoms with Gasteiger partial charge < -0.3 is 5.11 Å². The SMILES string of the molecule is Cc1cc(Cl)ccc1S(=O)(=O)NCC1(O)CCC1. The van der Waals surface area contributed by atoms with Gasteiger partial charge in [0.1, 0.15) is 0 Å². The standard InChI is InChI=1S/C12H16ClNO3S/c1-9-7-10(13)3-4-11(9)18(16,17)14-8-12(15)5-2-6-12/h3-4,7,14-15H,2,5-6,8H2,1H3. The highest BCUT2D eigenvalue weighted by atomic mass is 35.5. The van der Waals surface area contributed by atoms with Crippen molar-refractivity contribution in [2.24, 2.45) is 0 Å². The monoisotopic (exact) mass is 289 g/mol. The number of aliphatic hydroxyl groups is 1. The lowest BCUT2D eigenvalue weighted by molar-refractivity contribution is -0.0270. The molecule has 2 rings (SSSR count). The molecule has 4 nitrogen and oxygen atoms in total. The van der Waals surface area contributed by atoms with E-state index < -0.39 is 15.6 Å². The van der Waals surface area contributed by atoms with Gasteiger partial charge in [0.25, 0.3) is 0 Å². The number of benzene rings is 1. The molecule has 6 heteroatoms. The first-order chi connectivity index (χ1) is 8.32. The van der Waals surface area contributed by atoms with Gasteiger partial charge in [0.15, 0.2) is 0 Å². The van der Waals surface area contributed by atoms with Crippen LogP contribution in [0.2, 0.25) is 5.02 Å². The van der Waals surface area contributed by atoms with Crippen LogP contribution in [0.3, 0.4) is 0 Å². The van der Waals surface area contributed by atoms with Crippen LogP contribution in [-0.4, -0.2) is 25.7 Å². The molecule has 0 radical (unpaired) electrons. The molecular formula is C12H16ClNO3S. The number of hydrogen-bond donors (Lipinski definition) is 2. The summed E-state index contributed by atoms with van der Waals surface area (Å²) in [6, 6.07) is 4.63. The smallest absolute Gasteiger partial charge is 0.240 e. The molecule has 1 aliphatic rings. The van der Waals surface area contributed by atoms with E-state index in [1.165, 1.54) is 6.07 Å². The summed E-state index contributed by atoms with van der Waals surface area (Å²) in [6.07, 6.45) is 2.24. The van der Waals surface area contributed by atoms with Crippen LogP contribution < -0.4 is 4.72 Å². The van der Waals surface area contributed by atoms with Crippen LogP contribution in [0.5, 0.6) is 0 Å². The zero-order valence-electron chi connectivity index (χ0n) is 10.1. The largest absolute Gasteiger partial charge is 0.389 e. The number of halogens is 1. The first-order valence-electron chi connectivity index (χ1n) is 5.81. The zero-order chi connectivity index (χ0) is 13.4. The van der Waals surface area contributed by atoms with Gasteiger partial charge in [-0.15, -0.1) is 0 Å². The molecule has 18 heavy (non-hydrogen) atoms. The van der Waals surface area contributed by atoms with Crippen LogP contribution in [0.1, 0.15) is 24.8 Å². The third-order valence-corrected chi connectivity index (χ3v) is 5.10. The highest BCUT2D eigenvalue weighted by molar-refractivity contribution is 7.89. The number of rotatable bonds is 4. The Morgan fingerprint density at radius 3 is 2.61 bits per heavy atom. The van der Waals surface area contributed by atoms with Crippen molar-refractivity contribution < 1.29 is 13.5 Å². The number of sulfonamides is 1. The van der Waals surface area contributed by atoms with Gasteiger partial charge in [-0.25, -0.2) is 13.1 Å². The number of nitrogens with one attached hydrogen (secondary N) is 1. The molecule has 0 aromatic heterocycles. The molecule has 2 N–H and O–H groups in total. The lowest BCUT2D eigenvalue weighted by atomic mass is 9.81. The van der Waals surface area contributed by atoms with Gasteiger partial charge in [-0.1, -0.05) is 11.6 Å². The van der Waals surface area contributed by atoms with Crippen LogP contribution in [0.25, 0.3) is 0 Å². The maximum absolute atomic E-state index is 12.1. The summed E-state index contributed by atoms with van der Waals surface area (Å²) in [6.45, 7) is 1.76. The molecule has 100 valence electrons. The Labute approximate surface area is 112 Å². The predicted octanol–water partition coefficient (Wildman–Crippen LogP) is 1.84. The fraction of sp³-hybridized carbons (Fsp3) is 0.500. The number of hydrogen-bond acceptors (Lipinski definition) is 3. The van der Waals surface area contributed by atoms with Gasteiger partial charge in [0.05, 0.1) is 10.5 Å². The first kappa shape index (κ1) is 13.8. The minimum absolute atomic E-state index is 0.0669. The second-order valence-electron chi connectivity index (χ2n) is 4.81. The molecule has 0 atom stereocenters. The van der Waals surface area contributed by atoms with E-state index in [9.17, 15) is 13.5 Å². The van der Waals surface area contributed by atoms with Gasteiger partial charge in [-0.3, -0.25) is 0 Å². The van der Waals surface area contributed by atoms with Crippen LogP contribution in [0.4, 0.5) is 0 Å². The molecule has 0 spiro atoms. The molecule has 1 aromatic rings. The summed E-state index contributed by atoms with van der Waals surface area (Å²) in [4.78, 5) is 0.204. The van der Waals surface area contributed by atoms with Crippen molar-refractivity contribution in [1.29, 1.82) is 0 Å². The van der Waals surface area contributed by atoms with Gasteiger partial charge in [0.2, 0.25) is 10.0 Å². The molecule has 1 aromatic carbocycles. The van der Waals surface area contributed by atoms with E-state index in [0.717, 1.165) is 6.42 Å². The molecule has 0 aliphatic heterocycles. The molecule has 1 fully saturated rings. The molecule has 0 heterocycles. The summed E-state index contributed by atoms with van der Waals surface area (Å²) in [5.74, 6) is 0. The highest BCUT2D eigenvalue weighted by Gasteiger charge is 2.35. The lowest BCUT2D eigenvalue weighted by Crippen LogP contribution is -2.47. The van der Waals surface area contributed by atoms with E-state index in [1.54, 1.807) is 19.1 Å². The summed E-state index contributed by atoms with van der Waals surface area (Å²) in [7, 11) is -3.59. The maximum atomic E-state index is 12.1. The van der Waals surface area contributed by atoms with Gasteiger partial charge in [0, 0.05) is 11.6 Å². The Morgan fingerprint density at radius 1 is 1.44 bits per heavy atom. The Morgan fingerprint density at radius 2 is 2.11 bits per heavy atom. The fourth-order valence-corrected chi connectivity index (χ4v) is 3.55. The summed E-state index contributed by atoms with van der Waals surface area (Å²) in [5, 5.41) is 10.4. The molecule has 1 saturated carbocycles. The molecule has 0 unspecified atom stereocenters. The quantitative estimate of drug-likeness (QED) is 0.889. The van der Waals surface area contributed by atoms with E-state index >= 15 is 0 Å². The van der Waals surface area contributed by atoms with E-state index in [1.807, 2.05) is 0 Å². The van der Waals surface area contributed by atoms with Crippen molar-refractivity contribution in [3.8, 4) is 0 Å². The van der Waals surface area contributed by atoms with Gasteiger partial charge in [-0.05, 0) is 49.9 Å². The van der Waals surface area contributed by atoms with Crippen molar-refractivity contribution in [3.63, 3.8) is 0 Å². The first-order valence-corrected chi connectivity index (χ1v) is 7.67. The Hall–Kier alpha value is -0.620. The molecule has 0 amide bonds. The minimum atomic E-state index is -3.59. The Kier molecular flexibility index (Phi) is 3.69. The topological polar surface area (TPSA) is 66.4 Å². The van der Waals surface area contributed by atoms with Crippen LogP contribution in [0.15, 0.2) is 23.1 Å². The van der Waals surface area contributed by atoms with E-state index in [0.29, 0.717) is 23.4 Å². The summed E-state index contributed by atoms with van der Waals surface area (Å²) >= 11 is 5.79.